The maximum Gasteiger partial charge on any atom is 0.0603 e. The van der Waals surface area contributed by atoms with Crippen LogP contribution in [0.25, 0.3) is 10.9 Å². The number of aromatic amines is 1. The van der Waals surface area contributed by atoms with Crippen LogP contribution in [-0.2, 0) is 12.8 Å². The number of aromatic nitrogens is 1. The van der Waals surface area contributed by atoms with Crippen molar-refractivity contribution in [1.82, 2.24) is 4.98 Å². The van der Waals surface area contributed by atoms with Crippen molar-refractivity contribution < 1.29 is 0 Å². The molecule has 0 saturated carbocycles. The minimum Gasteiger partial charge on any atom is -0.357 e. The Hall–Kier alpha value is -0.760. The molecule has 1 unspecified atom stereocenters. The van der Waals surface area contributed by atoms with E-state index in [2.05, 4.69) is 46.0 Å². The summed E-state index contributed by atoms with van der Waals surface area (Å²) in [6, 6.07) is 6.58. The van der Waals surface area contributed by atoms with Crippen molar-refractivity contribution in [2.24, 2.45) is 5.92 Å². The third-order valence-corrected chi connectivity index (χ3v) is 5.90. The molecule has 0 amide bonds. The van der Waals surface area contributed by atoms with Crippen LogP contribution in [-0.4, -0.2) is 4.98 Å². The lowest BCUT2D eigenvalue weighted by molar-refractivity contribution is 0.404. The Morgan fingerprint density at radius 3 is 2.82 bits per heavy atom. The van der Waals surface area contributed by atoms with Crippen LogP contribution >= 0.6 is 15.9 Å². The predicted molar refractivity (Wildman–Crippen MR) is 99.5 cm³/mol. The fraction of sp³-hybridized carbons (Fsp3) is 0.600. The summed E-state index contributed by atoms with van der Waals surface area (Å²) in [5.41, 5.74) is 4.38. The number of para-hydroxylation sites is 1. The fourth-order valence-electron chi connectivity index (χ4n) is 3.94. The topological polar surface area (TPSA) is 15.8 Å². The summed E-state index contributed by atoms with van der Waals surface area (Å²) in [6.45, 7) is 2.29. The van der Waals surface area contributed by atoms with Crippen molar-refractivity contribution in [3.05, 3.63) is 33.9 Å². The molecule has 120 valence electrons. The standard InChI is InChI=1S/C20H28BrN/c1-2-3-4-5-6-7-9-15-12-13-19-17(14-15)16-10-8-11-18(21)20(16)22-19/h8,10-11,15,22H,2-7,9,12-14H2,1H3. The van der Waals surface area contributed by atoms with Gasteiger partial charge >= 0.3 is 0 Å². The van der Waals surface area contributed by atoms with E-state index in [1.165, 1.54) is 85.3 Å². The number of nitrogens with one attached hydrogen (secondary N) is 1. The third-order valence-electron chi connectivity index (χ3n) is 5.24. The molecule has 1 aromatic carbocycles. The SMILES string of the molecule is CCCCCCCCC1CCc2[nH]c3c(Br)cccc3c2C1. The molecule has 1 nitrogen and oxygen atoms in total. The monoisotopic (exact) mass is 361 g/mol. The molecule has 2 aromatic rings. The number of aryl methyl sites for hydroxylation is 1. The number of rotatable bonds is 7. The molecule has 0 aliphatic heterocycles. The van der Waals surface area contributed by atoms with Crippen molar-refractivity contribution in [3.63, 3.8) is 0 Å². The zero-order chi connectivity index (χ0) is 15.4. The summed E-state index contributed by atoms with van der Waals surface area (Å²) in [5.74, 6) is 0.900. The smallest absolute Gasteiger partial charge is 0.0603 e. The summed E-state index contributed by atoms with van der Waals surface area (Å²) in [6.07, 6.45) is 13.8. The third kappa shape index (κ3) is 3.59. The normalized spacial score (nSPS) is 17.8. The largest absolute Gasteiger partial charge is 0.357 e. The Kier molecular flexibility index (Phi) is 5.62. The first-order chi connectivity index (χ1) is 10.8. The first-order valence-electron chi connectivity index (χ1n) is 9.07. The molecule has 1 atom stereocenters. The van der Waals surface area contributed by atoms with Crippen LogP contribution in [0, 0.1) is 5.92 Å². The van der Waals surface area contributed by atoms with Crippen molar-refractivity contribution in [2.45, 2.75) is 71.1 Å². The van der Waals surface area contributed by atoms with Crippen LogP contribution in [0.5, 0.6) is 0 Å². The Morgan fingerprint density at radius 2 is 1.95 bits per heavy atom. The van der Waals surface area contributed by atoms with Gasteiger partial charge in [-0.3, -0.25) is 0 Å². The molecule has 0 bridgehead atoms. The number of hydrogen-bond acceptors (Lipinski definition) is 0. The van der Waals surface area contributed by atoms with Crippen LogP contribution in [0.1, 0.15) is 69.5 Å². The average molecular weight is 362 g/mol. The van der Waals surface area contributed by atoms with Crippen molar-refractivity contribution in [1.29, 1.82) is 0 Å². The lowest BCUT2D eigenvalue weighted by Gasteiger charge is -2.22. The fourth-order valence-corrected chi connectivity index (χ4v) is 4.40. The molecule has 22 heavy (non-hydrogen) atoms. The molecule has 0 fully saturated rings. The number of hydrogen-bond donors (Lipinski definition) is 1. The molecule has 2 heteroatoms. The van der Waals surface area contributed by atoms with E-state index >= 15 is 0 Å². The van der Waals surface area contributed by atoms with Crippen molar-refractivity contribution in [2.75, 3.05) is 0 Å². The zero-order valence-electron chi connectivity index (χ0n) is 13.8. The second-order valence-electron chi connectivity index (χ2n) is 6.91. The van der Waals surface area contributed by atoms with Crippen LogP contribution < -0.4 is 0 Å². The predicted octanol–water partition coefficient (Wildman–Crippen LogP) is 6.79. The number of halogens is 1. The molecule has 1 aliphatic rings. The van der Waals surface area contributed by atoms with Crippen molar-refractivity contribution >= 4 is 26.8 Å². The highest BCUT2D eigenvalue weighted by Crippen LogP contribution is 2.36. The highest BCUT2D eigenvalue weighted by Gasteiger charge is 2.22. The van der Waals surface area contributed by atoms with E-state index in [0.29, 0.717) is 0 Å². The van der Waals surface area contributed by atoms with Gasteiger partial charge < -0.3 is 4.98 Å². The van der Waals surface area contributed by atoms with Crippen LogP contribution in [0.3, 0.4) is 0 Å². The molecule has 1 aromatic heterocycles. The highest BCUT2D eigenvalue weighted by atomic mass is 79.9. The van der Waals surface area contributed by atoms with E-state index < -0.39 is 0 Å². The average Bonchev–Trinajstić information content (AvgIpc) is 2.90. The van der Waals surface area contributed by atoms with Gasteiger partial charge in [0.1, 0.15) is 0 Å². The summed E-state index contributed by atoms with van der Waals surface area (Å²) in [7, 11) is 0. The Bertz CT molecular complexity index is 613. The first kappa shape index (κ1) is 16.1. The summed E-state index contributed by atoms with van der Waals surface area (Å²) < 4.78 is 1.20. The minimum absolute atomic E-state index is 0.900. The first-order valence-corrected chi connectivity index (χ1v) is 9.86. The maximum atomic E-state index is 3.68. The van der Waals surface area contributed by atoms with Gasteiger partial charge in [0.05, 0.1) is 5.52 Å². The molecule has 0 saturated heterocycles. The van der Waals surface area contributed by atoms with Gasteiger partial charge in [-0.25, -0.2) is 0 Å². The van der Waals surface area contributed by atoms with E-state index in [9.17, 15) is 0 Å². The molecular weight excluding hydrogens is 334 g/mol. The Balaban J connectivity index is 1.57. The lowest BCUT2D eigenvalue weighted by atomic mass is 9.83. The van der Waals surface area contributed by atoms with Gasteiger partial charge in [-0.2, -0.15) is 0 Å². The number of H-pyrrole nitrogens is 1. The van der Waals surface area contributed by atoms with E-state index in [1.807, 2.05) is 0 Å². The quantitative estimate of drug-likeness (QED) is 0.522. The van der Waals surface area contributed by atoms with Crippen LogP contribution in [0.4, 0.5) is 0 Å². The van der Waals surface area contributed by atoms with Gasteiger partial charge in [-0.15, -0.1) is 0 Å². The zero-order valence-corrected chi connectivity index (χ0v) is 15.3. The molecule has 0 radical (unpaired) electrons. The lowest BCUT2D eigenvalue weighted by Crippen LogP contribution is -2.13. The number of benzene rings is 1. The molecule has 1 heterocycles. The molecule has 1 aliphatic carbocycles. The highest BCUT2D eigenvalue weighted by molar-refractivity contribution is 9.10. The maximum absolute atomic E-state index is 3.68. The van der Waals surface area contributed by atoms with Crippen LogP contribution in [0.2, 0.25) is 0 Å². The van der Waals surface area contributed by atoms with Gasteiger partial charge in [-0.1, -0.05) is 64.0 Å². The Labute approximate surface area is 143 Å². The summed E-state index contributed by atoms with van der Waals surface area (Å²) >= 11 is 3.68. The molecular formula is C20H28BrN. The van der Waals surface area contributed by atoms with Gasteiger partial charge in [0, 0.05) is 15.6 Å². The summed E-state index contributed by atoms with van der Waals surface area (Å²) in [5, 5.41) is 1.44. The van der Waals surface area contributed by atoms with Crippen LogP contribution in [0.15, 0.2) is 22.7 Å². The Morgan fingerprint density at radius 1 is 1.14 bits per heavy atom. The van der Waals surface area contributed by atoms with Gasteiger partial charge in [0.15, 0.2) is 0 Å². The molecule has 1 N–H and O–H groups in total. The minimum atomic E-state index is 0.900. The van der Waals surface area contributed by atoms with E-state index in [1.54, 1.807) is 5.56 Å². The number of fused-ring (bicyclic) bond motifs is 3. The van der Waals surface area contributed by atoms with E-state index in [0.717, 1.165) is 5.92 Å². The van der Waals surface area contributed by atoms with Gasteiger partial charge in [0.25, 0.3) is 0 Å². The van der Waals surface area contributed by atoms with Crippen molar-refractivity contribution in [3.8, 4) is 0 Å². The van der Waals surface area contributed by atoms with E-state index in [4.69, 9.17) is 0 Å². The van der Waals surface area contributed by atoms with Gasteiger partial charge in [-0.05, 0) is 52.7 Å². The summed E-state index contributed by atoms with van der Waals surface area (Å²) in [4.78, 5) is 3.65. The molecule has 3 rings (SSSR count). The number of unbranched alkanes of at least 4 members (excludes halogenated alkanes) is 5. The second-order valence-corrected chi connectivity index (χ2v) is 7.76. The molecule has 0 spiro atoms. The van der Waals surface area contributed by atoms with E-state index in [-0.39, 0.29) is 0 Å². The van der Waals surface area contributed by atoms with Gasteiger partial charge in [0.2, 0.25) is 0 Å². The second kappa shape index (κ2) is 7.68.